The van der Waals surface area contributed by atoms with Crippen molar-refractivity contribution in [2.45, 2.75) is 20.8 Å². The molecule has 0 saturated carbocycles. The van der Waals surface area contributed by atoms with Crippen molar-refractivity contribution in [1.29, 1.82) is 0 Å². The van der Waals surface area contributed by atoms with Crippen molar-refractivity contribution in [2.75, 3.05) is 44.8 Å². The van der Waals surface area contributed by atoms with Gasteiger partial charge in [0.05, 0.1) is 25.1 Å². The highest BCUT2D eigenvalue weighted by molar-refractivity contribution is 5.94. The maximum absolute atomic E-state index is 11.9. The zero-order valence-electron chi connectivity index (χ0n) is 13.6. The van der Waals surface area contributed by atoms with Gasteiger partial charge in [-0.3, -0.25) is 9.69 Å². The van der Waals surface area contributed by atoms with Crippen LogP contribution < -0.4 is 10.1 Å². The van der Waals surface area contributed by atoms with Gasteiger partial charge in [0, 0.05) is 31.1 Å². The highest BCUT2D eigenvalue weighted by Crippen LogP contribution is 2.18. The molecule has 122 valence electrons. The molecule has 1 aromatic rings. The molecule has 2 heterocycles. The monoisotopic (exact) mass is 307 g/mol. The highest BCUT2D eigenvalue weighted by Gasteiger charge is 2.21. The molecule has 6 nitrogen and oxygen atoms in total. The number of carbonyl (C=O) groups excluding carboxylic acids is 1. The number of amides is 1. The van der Waals surface area contributed by atoms with E-state index in [1.54, 1.807) is 18.3 Å². The van der Waals surface area contributed by atoms with Gasteiger partial charge in [-0.15, -0.1) is 0 Å². The minimum absolute atomic E-state index is 0.0321. The molecule has 0 radical (unpaired) electrons. The second-order valence-electron chi connectivity index (χ2n) is 6.39. The summed E-state index contributed by atoms with van der Waals surface area (Å²) in [5.74, 6) is 0.539. The maximum atomic E-state index is 11.9. The van der Waals surface area contributed by atoms with E-state index >= 15 is 0 Å². The fourth-order valence-corrected chi connectivity index (χ4v) is 1.96. The van der Waals surface area contributed by atoms with Crippen molar-refractivity contribution < 1.29 is 14.3 Å². The summed E-state index contributed by atoms with van der Waals surface area (Å²) in [5, 5.41) is 2.84. The number of rotatable bonds is 5. The zero-order valence-corrected chi connectivity index (χ0v) is 13.6. The largest absolute Gasteiger partial charge is 0.476 e. The quantitative estimate of drug-likeness (QED) is 0.898. The van der Waals surface area contributed by atoms with Crippen LogP contribution in [0.25, 0.3) is 0 Å². The van der Waals surface area contributed by atoms with E-state index < -0.39 is 5.41 Å². The van der Waals surface area contributed by atoms with Gasteiger partial charge < -0.3 is 14.8 Å². The van der Waals surface area contributed by atoms with E-state index in [4.69, 9.17) is 9.47 Å². The van der Waals surface area contributed by atoms with Crippen LogP contribution in [-0.2, 0) is 9.53 Å². The Morgan fingerprint density at radius 1 is 1.36 bits per heavy atom. The third kappa shape index (κ3) is 5.27. The topological polar surface area (TPSA) is 63.7 Å². The van der Waals surface area contributed by atoms with Crippen LogP contribution in [0.3, 0.4) is 0 Å². The number of pyridine rings is 1. The molecule has 1 fully saturated rings. The van der Waals surface area contributed by atoms with E-state index in [0.717, 1.165) is 32.8 Å². The fraction of sp³-hybridized carbons (Fsp3) is 0.625. The average Bonchev–Trinajstić information content (AvgIpc) is 2.49. The van der Waals surface area contributed by atoms with Crippen molar-refractivity contribution in [3.63, 3.8) is 0 Å². The number of hydrogen-bond donors (Lipinski definition) is 1. The lowest BCUT2D eigenvalue weighted by molar-refractivity contribution is -0.123. The Balaban J connectivity index is 1.75. The lowest BCUT2D eigenvalue weighted by Crippen LogP contribution is -2.38. The van der Waals surface area contributed by atoms with Crippen LogP contribution in [0.15, 0.2) is 18.3 Å². The Hall–Kier alpha value is -1.66. The summed E-state index contributed by atoms with van der Waals surface area (Å²) in [6.07, 6.45) is 1.62. The van der Waals surface area contributed by atoms with E-state index in [9.17, 15) is 4.79 Å². The summed E-state index contributed by atoms with van der Waals surface area (Å²) in [6.45, 7) is 10.6. The summed E-state index contributed by atoms with van der Waals surface area (Å²) < 4.78 is 10.9. The molecule has 0 aromatic carbocycles. The van der Waals surface area contributed by atoms with Crippen LogP contribution in [0.5, 0.6) is 5.88 Å². The molecule has 0 aliphatic carbocycles. The highest BCUT2D eigenvalue weighted by atomic mass is 16.5. The molecule has 0 bridgehead atoms. The first kappa shape index (κ1) is 16.7. The van der Waals surface area contributed by atoms with Gasteiger partial charge in [0.1, 0.15) is 6.61 Å². The molecule has 0 atom stereocenters. The van der Waals surface area contributed by atoms with Crippen molar-refractivity contribution in [3.8, 4) is 5.88 Å². The molecule has 1 saturated heterocycles. The van der Waals surface area contributed by atoms with Crippen LogP contribution in [0, 0.1) is 5.41 Å². The van der Waals surface area contributed by atoms with Crippen LogP contribution in [0.4, 0.5) is 5.69 Å². The lowest BCUT2D eigenvalue weighted by atomic mass is 9.96. The summed E-state index contributed by atoms with van der Waals surface area (Å²) in [6, 6.07) is 3.58. The van der Waals surface area contributed by atoms with Crippen LogP contribution in [0.1, 0.15) is 20.8 Å². The Labute approximate surface area is 131 Å². The first-order valence-corrected chi connectivity index (χ1v) is 7.65. The SMILES string of the molecule is CC(C)(C)C(=O)Nc1ccc(OCCN2CCOCC2)nc1. The zero-order chi connectivity index (χ0) is 16.0. The summed E-state index contributed by atoms with van der Waals surface area (Å²) in [7, 11) is 0. The second kappa shape index (κ2) is 7.56. The van der Waals surface area contributed by atoms with Gasteiger partial charge in [0.2, 0.25) is 11.8 Å². The number of nitrogens with one attached hydrogen (secondary N) is 1. The number of nitrogens with zero attached hydrogens (tertiary/aromatic N) is 2. The smallest absolute Gasteiger partial charge is 0.229 e. The van der Waals surface area contributed by atoms with Crippen LogP contribution >= 0.6 is 0 Å². The second-order valence-corrected chi connectivity index (χ2v) is 6.39. The van der Waals surface area contributed by atoms with Crippen molar-refractivity contribution in [1.82, 2.24) is 9.88 Å². The minimum Gasteiger partial charge on any atom is -0.476 e. The fourth-order valence-electron chi connectivity index (χ4n) is 1.96. The van der Waals surface area contributed by atoms with Crippen LogP contribution in [0.2, 0.25) is 0 Å². The van der Waals surface area contributed by atoms with Crippen molar-refractivity contribution in [3.05, 3.63) is 18.3 Å². The van der Waals surface area contributed by atoms with Gasteiger partial charge in [-0.25, -0.2) is 4.98 Å². The molecule has 0 unspecified atom stereocenters. The predicted octanol–water partition coefficient (Wildman–Crippen LogP) is 1.78. The third-order valence-electron chi connectivity index (χ3n) is 3.44. The molecular formula is C16H25N3O3. The number of carbonyl (C=O) groups is 1. The predicted molar refractivity (Wildman–Crippen MR) is 85.1 cm³/mol. The van der Waals surface area contributed by atoms with E-state index in [-0.39, 0.29) is 5.91 Å². The van der Waals surface area contributed by atoms with Crippen LogP contribution in [-0.4, -0.2) is 55.2 Å². The van der Waals surface area contributed by atoms with E-state index in [1.807, 2.05) is 20.8 Å². The van der Waals surface area contributed by atoms with Gasteiger partial charge in [0.15, 0.2) is 0 Å². The number of anilines is 1. The molecule has 0 spiro atoms. The lowest BCUT2D eigenvalue weighted by Gasteiger charge is -2.26. The Bertz CT molecular complexity index is 476. The molecule has 1 aliphatic heterocycles. The molecule has 1 aliphatic rings. The van der Waals surface area contributed by atoms with Gasteiger partial charge in [-0.2, -0.15) is 0 Å². The summed E-state index contributed by atoms with van der Waals surface area (Å²) >= 11 is 0. The van der Waals surface area contributed by atoms with Crippen molar-refractivity contribution >= 4 is 11.6 Å². The number of ether oxygens (including phenoxy) is 2. The Morgan fingerprint density at radius 3 is 2.68 bits per heavy atom. The normalized spacial score (nSPS) is 16.3. The van der Waals surface area contributed by atoms with Gasteiger partial charge >= 0.3 is 0 Å². The number of aromatic nitrogens is 1. The first-order chi connectivity index (χ1) is 10.4. The average molecular weight is 307 g/mol. The molecule has 1 amide bonds. The van der Waals surface area contributed by atoms with Crippen molar-refractivity contribution in [2.24, 2.45) is 5.41 Å². The van der Waals surface area contributed by atoms with E-state index in [0.29, 0.717) is 18.2 Å². The first-order valence-electron chi connectivity index (χ1n) is 7.65. The molecule has 6 heteroatoms. The Kier molecular flexibility index (Phi) is 5.74. The summed E-state index contributed by atoms with van der Waals surface area (Å²) in [4.78, 5) is 18.4. The molecular weight excluding hydrogens is 282 g/mol. The third-order valence-corrected chi connectivity index (χ3v) is 3.44. The summed E-state index contributed by atoms with van der Waals surface area (Å²) in [5.41, 5.74) is 0.258. The number of hydrogen-bond acceptors (Lipinski definition) is 5. The molecule has 22 heavy (non-hydrogen) atoms. The molecule has 1 aromatic heterocycles. The van der Waals surface area contributed by atoms with Gasteiger partial charge in [-0.1, -0.05) is 20.8 Å². The minimum atomic E-state index is -0.423. The molecule has 2 rings (SSSR count). The Morgan fingerprint density at radius 2 is 2.09 bits per heavy atom. The van der Waals surface area contributed by atoms with E-state index in [1.165, 1.54) is 0 Å². The maximum Gasteiger partial charge on any atom is 0.229 e. The van der Waals surface area contributed by atoms with E-state index in [2.05, 4.69) is 15.2 Å². The molecule has 1 N–H and O–H groups in total. The van der Waals surface area contributed by atoms with Gasteiger partial charge in [-0.05, 0) is 6.07 Å². The van der Waals surface area contributed by atoms with Gasteiger partial charge in [0.25, 0.3) is 0 Å². The standard InChI is InChI=1S/C16H25N3O3/c1-16(2,3)15(20)18-13-4-5-14(17-12-13)22-11-8-19-6-9-21-10-7-19/h4-5,12H,6-11H2,1-3H3,(H,18,20). The number of morpholine rings is 1.